The molecule has 0 bridgehead atoms. The first kappa shape index (κ1) is 13.5. The van der Waals surface area contributed by atoms with Crippen molar-refractivity contribution in [3.63, 3.8) is 0 Å². The Morgan fingerprint density at radius 1 is 1.37 bits per heavy atom. The van der Waals surface area contributed by atoms with Crippen LogP contribution in [0.3, 0.4) is 0 Å². The predicted octanol–water partition coefficient (Wildman–Crippen LogP) is 0.496. The summed E-state index contributed by atoms with van der Waals surface area (Å²) < 4.78 is 0. The van der Waals surface area contributed by atoms with Crippen molar-refractivity contribution in [3.05, 3.63) is 35.4 Å². The van der Waals surface area contributed by atoms with Gasteiger partial charge in [-0.3, -0.25) is 9.59 Å². The van der Waals surface area contributed by atoms with Crippen molar-refractivity contribution in [1.82, 2.24) is 10.2 Å². The van der Waals surface area contributed by atoms with Crippen LogP contribution in [0.5, 0.6) is 0 Å². The van der Waals surface area contributed by atoms with Crippen LogP contribution in [0, 0.1) is 0 Å². The SMILES string of the molecule is CC1(C)NCCN(Cc2ccc(C(N)=O)cc2)C1=O. The molecule has 5 heteroatoms. The summed E-state index contributed by atoms with van der Waals surface area (Å²) in [4.78, 5) is 25.0. The van der Waals surface area contributed by atoms with E-state index >= 15 is 0 Å². The maximum atomic E-state index is 12.2. The predicted molar refractivity (Wildman–Crippen MR) is 72.5 cm³/mol. The van der Waals surface area contributed by atoms with Crippen molar-refractivity contribution >= 4 is 11.8 Å². The zero-order valence-corrected chi connectivity index (χ0v) is 11.3. The molecule has 0 unspecified atom stereocenters. The molecule has 5 nitrogen and oxygen atoms in total. The maximum absolute atomic E-state index is 12.2. The molecule has 1 aromatic rings. The number of carbonyl (C=O) groups is 2. The fourth-order valence-electron chi connectivity index (χ4n) is 2.22. The number of rotatable bonds is 3. The minimum atomic E-state index is -0.509. The summed E-state index contributed by atoms with van der Waals surface area (Å²) >= 11 is 0. The molecule has 1 saturated heterocycles. The number of hydrogen-bond donors (Lipinski definition) is 2. The van der Waals surface area contributed by atoms with Crippen molar-refractivity contribution in [3.8, 4) is 0 Å². The van der Waals surface area contributed by atoms with Crippen molar-refractivity contribution in [1.29, 1.82) is 0 Å². The summed E-state index contributed by atoms with van der Waals surface area (Å²) in [5.41, 5.74) is 6.16. The van der Waals surface area contributed by atoms with Crippen LogP contribution in [0.25, 0.3) is 0 Å². The van der Waals surface area contributed by atoms with Crippen LogP contribution in [-0.2, 0) is 11.3 Å². The first-order valence-electron chi connectivity index (χ1n) is 6.33. The van der Waals surface area contributed by atoms with Gasteiger partial charge in [-0.25, -0.2) is 0 Å². The lowest BCUT2D eigenvalue weighted by Crippen LogP contribution is -2.60. The van der Waals surface area contributed by atoms with Crippen molar-refractivity contribution in [2.24, 2.45) is 5.73 Å². The van der Waals surface area contributed by atoms with E-state index in [1.807, 2.05) is 30.9 Å². The molecule has 2 rings (SSSR count). The molecule has 0 saturated carbocycles. The molecule has 1 aliphatic heterocycles. The average Bonchev–Trinajstić information content (AvgIpc) is 2.35. The van der Waals surface area contributed by atoms with Gasteiger partial charge in [-0.2, -0.15) is 0 Å². The Kier molecular flexibility index (Phi) is 3.57. The average molecular weight is 261 g/mol. The van der Waals surface area contributed by atoms with Crippen molar-refractivity contribution in [2.45, 2.75) is 25.9 Å². The van der Waals surface area contributed by atoms with Gasteiger partial charge in [0.2, 0.25) is 11.8 Å². The first-order valence-corrected chi connectivity index (χ1v) is 6.33. The van der Waals surface area contributed by atoms with Gasteiger partial charge in [-0.15, -0.1) is 0 Å². The Morgan fingerprint density at radius 2 is 2.00 bits per heavy atom. The van der Waals surface area contributed by atoms with E-state index in [1.165, 1.54) is 0 Å². The number of nitrogens with zero attached hydrogens (tertiary/aromatic N) is 1. The normalized spacial score (nSPS) is 18.4. The van der Waals surface area contributed by atoms with E-state index in [1.54, 1.807) is 12.1 Å². The summed E-state index contributed by atoms with van der Waals surface area (Å²) in [7, 11) is 0. The van der Waals surface area contributed by atoms with E-state index < -0.39 is 11.4 Å². The topological polar surface area (TPSA) is 75.4 Å². The first-order chi connectivity index (χ1) is 8.90. The van der Waals surface area contributed by atoms with E-state index in [0.717, 1.165) is 12.1 Å². The molecule has 0 atom stereocenters. The molecule has 0 spiro atoms. The zero-order valence-electron chi connectivity index (χ0n) is 11.3. The van der Waals surface area contributed by atoms with Gasteiger partial charge in [0.25, 0.3) is 0 Å². The summed E-state index contributed by atoms with van der Waals surface area (Å²) in [5.74, 6) is -0.344. The number of hydrogen-bond acceptors (Lipinski definition) is 3. The molecule has 0 aliphatic carbocycles. The Bertz CT molecular complexity index is 494. The number of amides is 2. The molecule has 102 valence electrons. The molecule has 0 radical (unpaired) electrons. The Labute approximate surface area is 112 Å². The van der Waals surface area contributed by atoms with Crippen LogP contribution < -0.4 is 11.1 Å². The van der Waals surface area contributed by atoms with Crippen LogP contribution in [0.4, 0.5) is 0 Å². The van der Waals surface area contributed by atoms with Gasteiger partial charge < -0.3 is 16.0 Å². The van der Waals surface area contributed by atoms with Crippen LogP contribution in [-0.4, -0.2) is 35.3 Å². The molecule has 2 amide bonds. The molecular weight excluding hydrogens is 242 g/mol. The number of piperazine rings is 1. The second-order valence-corrected chi connectivity index (χ2v) is 5.34. The van der Waals surface area contributed by atoms with Gasteiger partial charge in [0, 0.05) is 25.2 Å². The third-order valence-electron chi connectivity index (χ3n) is 3.38. The maximum Gasteiger partial charge on any atom is 0.248 e. The fraction of sp³-hybridized carbons (Fsp3) is 0.429. The largest absolute Gasteiger partial charge is 0.366 e. The molecule has 0 aromatic heterocycles. The Balaban J connectivity index is 2.08. The summed E-state index contributed by atoms with van der Waals surface area (Å²) in [6, 6.07) is 7.05. The smallest absolute Gasteiger partial charge is 0.248 e. The van der Waals surface area contributed by atoms with E-state index in [-0.39, 0.29) is 5.91 Å². The highest BCUT2D eigenvalue weighted by molar-refractivity contribution is 5.92. The van der Waals surface area contributed by atoms with Crippen LogP contribution in [0.15, 0.2) is 24.3 Å². The van der Waals surface area contributed by atoms with E-state index in [0.29, 0.717) is 18.7 Å². The number of nitrogens with one attached hydrogen (secondary N) is 1. The summed E-state index contributed by atoms with van der Waals surface area (Å²) in [6.07, 6.45) is 0. The molecule has 1 aromatic carbocycles. The van der Waals surface area contributed by atoms with E-state index in [9.17, 15) is 9.59 Å². The molecule has 1 heterocycles. The molecular formula is C14H19N3O2. The number of carbonyl (C=O) groups excluding carboxylic acids is 2. The standard InChI is InChI=1S/C14H19N3O2/c1-14(2)13(19)17(8-7-16-14)9-10-3-5-11(6-4-10)12(15)18/h3-6,16H,7-9H2,1-2H3,(H2,15,18). The van der Waals surface area contributed by atoms with Crippen LogP contribution in [0.2, 0.25) is 0 Å². The third kappa shape index (κ3) is 2.93. The lowest BCUT2D eigenvalue weighted by molar-refractivity contribution is -0.140. The second-order valence-electron chi connectivity index (χ2n) is 5.34. The number of benzene rings is 1. The lowest BCUT2D eigenvalue weighted by atomic mass is 10.00. The van der Waals surface area contributed by atoms with Gasteiger partial charge in [-0.05, 0) is 31.5 Å². The third-order valence-corrected chi connectivity index (χ3v) is 3.38. The van der Waals surface area contributed by atoms with Crippen molar-refractivity contribution in [2.75, 3.05) is 13.1 Å². The van der Waals surface area contributed by atoms with Crippen LogP contribution in [0.1, 0.15) is 29.8 Å². The highest BCUT2D eigenvalue weighted by Gasteiger charge is 2.34. The Morgan fingerprint density at radius 3 is 2.58 bits per heavy atom. The Hall–Kier alpha value is -1.88. The highest BCUT2D eigenvalue weighted by atomic mass is 16.2. The summed E-state index contributed by atoms with van der Waals surface area (Å²) in [5, 5.41) is 3.20. The van der Waals surface area contributed by atoms with E-state index in [4.69, 9.17) is 5.73 Å². The summed E-state index contributed by atoms with van der Waals surface area (Å²) in [6.45, 7) is 5.82. The molecule has 1 fully saturated rings. The highest BCUT2D eigenvalue weighted by Crippen LogP contribution is 2.15. The molecule has 19 heavy (non-hydrogen) atoms. The van der Waals surface area contributed by atoms with Gasteiger partial charge >= 0.3 is 0 Å². The second kappa shape index (κ2) is 5.01. The minimum Gasteiger partial charge on any atom is -0.366 e. The van der Waals surface area contributed by atoms with Crippen molar-refractivity contribution < 1.29 is 9.59 Å². The zero-order chi connectivity index (χ0) is 14.0. The van der Waals surface area contributed by atoms with Gasteiger partial charge in [0.15, 0.2) is 0 Å². The lowest BCUT2D eigenvalue weighted by Gasteiger charge is -2.38. The van der Waals surface area contributed by atoms with Gasteiger partial charge in [0.1, 0.15) is 0 Å². The molecule has 3 N–H and O–H groups in total. The van der Waals surface area contributed by atoms with Gasteiger partial charge in [0.05, 0.1) is 5.54 Å². The van der Waals surface area contributed by atoms with Gasteiger partial charge in [-0.1, -0.05) is 12.1 Å². The number of nitrogens with two attached hydrogens (primary N) is 1. The number of primary amides is 1. The quantitative estimate of drug-likeness (QED) is 0.831. The monoisotopic (exact) mass is 261 g/mol. The fourth-order valence-corrected chi connectivity index (χ4v) is 2.22. The van der Waals surface area contributed by atoms with E-state index in [2.05, 4.69) is 5.32 Å². The minimum absolute atomic E-state index is 0.0951. The van der Waals surface area contributed by atoms with Crippen LogP contribution >= 0.6 is 0 Å². The molecule has 1 aliphatic rings.